The molecule has 0 spiro atoms. The molecule has 1 aromatic rings. The van der Waals surface area contributed by atoms with Crippen molar-refractivity contribution in [2.45, 2.75) is 53.0 Å². The van der Waals surface area contributed by atoms with Crippen LogP contribution >= 0.6 is 0 Å². The van der Waals surface area contributed by atoms with E-state index in [0.29, 0.717) is 19.6 Å². The maximum absolute atomic E-state index is 12.4. The molecule has 0 atom stereocenters. The number of nitrogens with zero attached hydrogens (tertiary/aromatic N) is 1. The molecule has 1 N–H and O–H groups in total. The van der Waals surface area contributed by atoms with Crippen molar-refractivity contribution in [1.82, 2.24) is 10.2 Å². The Morgan fingerprint density at radius 1 is 1.12 bits per heavy atom. The van der Waals surface area contributed by atoms with Crippen LogP contribution in [0.4, 0.5) is 0 Å². The molecule has 0 aromatic heterocycles. The quantitative estimate of drug-likeness (QED) is 0.870. The van der Waals surface area contributed by atoms with Gasteiger partial charge in [-0.05, 0) is 38.2 Å². The van der Waals surface area contributed by atoms with E-state index >= 15 is 0 Å². The molecule has 0 bridgehead atoms. The zero-order valence-electron chi connectivity index (χ0n) is 15.2. The lowest BCUT2D eigenvalue weighted by molar-refractivity contribution is -0.139. The van der Waals surface area contributed by atoms with Gasteiger partial charge < -0.3 is 10.2 Å². The van der Waals surface area contributed by atoms with Crippen LogP contribution in [-0.4, -0.2) is 29.8 Å². The van der Waals surface area contributed by atoms with E-state index in [0.717, 1.165) is 31.2 Å². The third kappa shape index (κ3) is 4.83. The maximum atomic E-state index is 12.4. The number of hydrogen-bond acceptors (Lipinski definition) is 2. The van der Waals surface area contributed by atoms with Gasteiger partial charge in [-0.15, -0.1) is 0 Å². The Hall–Kier alpha value is -1.84. The van der Waals surface area contributed by atoms with Crippen molar-refractivity contribution in [3.8, 4) is 0 Å². The summed E-state index contributed by atoms with van der Waals surface area (Å²) in [5, 5.41) is 3.03. The van der Waals surface area contributed by atoms with Crippen LogP contribution in [0.1, 0.15) is 50.7 Å². The lowest BCUT2D eigenvalue weighted by Gasteiger charge is -2.33. The van der Waals surface area contributed by atoms with Gasteiger partial charge in [-0.25, -0.2) is 0 Å². The van der Waals surface area contributed by atoms with Crippen molar-refractivity contribution in [3.05, 3.63) is 35.4 Å². The van der Waals surface area contributed by atoms with E-state index in [2.05, 4.69) is 38.2 Å². The third-order valence-corrected chi connectivity index (χ3v) is 5.10. The van der Waals surface area contributed by atoms with Crippen molar-refractivity contribution >= 4 is 11.8 Å². The molecular weight excluding hydrogens is 300 g/mol. The topological polar surface area (TPSA) is 49.4 Å². The molecule has 2 rings (SSSR count). The van der Waals surface area contributed by atoms with Crippen LogP contribution in [-0.2, 0) is 16.1 Å². The highest BCUT2D eigenvalue weighted by atomic mass is 16.2. The minimum absolute atomic E-state index is 0.0289. The van der Waals surface area contributed by atoms with E-state index in [-0.39, 0.29) is 23.7 Å². The van der Waals surface area contributed by atoms with Gasteiger partial charge in [0.1, 0.15) is 0 Å². The summed E-state index contributed by atoms with van der Waals surface area (Å²) in [4.78, 5) is 26.7. The van der Waals surface area contributed by atoms with Crippen molar-refractivity contribution in [2.75, 3.05) is 13.1 Å². The molecule has 1 aromatic carbocycles. The van der Waals surface area contributed by atoms with Crippen molar-refractivity contribution in [1.29, 1.82) is 0 Å². The number of rotatable bonds is 6. The average Bonchev–Trinajstić information content (AvgIpc) is 2.62. The number of aryl methyl sites for hydroxylation is 1. The first-order chi connectivity index (χ1) is 11.5. The van der Waals surface area contributed by atoms with Crippen LogP contribution in [0, 0.1) is 18.8 Å². The third-order valence-electron chi connectivity index (χ3n) is 5.10. The van der Waals surface area contributed by atoms with Gasteiger partial charge in [-0.1, -0.05) is 43.7 Å². The van der Waals surface area contributed by atoms with Crippen LogP contribution < -0.4 is 5.32 Å². The summed E-state index contributed by atoms with van der Waals surface area (Å²) in [5.41, 5.74) is 2.34. The zero-order chi connectivity index (χ0) is 17.5. The van der Waals surface area contributed by atoms with Crippen LogP contribution in [0.25, 0.3) is 0 Å². The summed E-state index contributed by atoms with van der Waals surface area (Å²) < 4.78 is 0. The molecule has 0 aliphatic carbocycles. The Morgan fingerprint density at radius 2 is 1.71 bits per heavy atom. The summed E-state index contributed by atoms with van der Waals surface area (Å²) in [7, 11) is 0. The van der Waals surface area contributed by atoms with Crippen LogP contribution in [0.15, 0.2) is 24.3 Å². The normalized spacial score (nSPS) is 15.6. The summed E-state index contributed by atoms with van der Waals surface area (Å²) in [6.07, 6.45) is 3.33. The Labute approximate surface area is 145 Å². The first-order valence-corrected chi connectivity index (χ1v) is 9.17. The van der Waals surface area contributed by atoms with Crippen LogP contribution in [0.2, 0.25) is 0 Å². The number of carbonyl (C=O) groups excluding carboxylic acids is 2. The minimum Gasteiger partial charge on any atom is -0.352 e. The number of carbonyl (C=O) groups is 2. The van der Waals surface area contributed by atoms with Gasteiger partial charge in [0.2, 0.25) is 11.8 Å². The second kappa shape index (κ2) is 8.86. The number of hydrogen-bond donors (Lipinski definition) is 1. The average molecular weight is 330 g/mol. The molecule has 0 saturated carbocycles. The molecular formula is C20H30N2O2. The van der Waals surface area contributed by atoms with Gasteiger partial charge in [-0.3, -0.25) is 9.59 Å². The van der Waals surface area contributed by atoms with Gasteiger partial charge in [0, 0.05) is 31.5 Å². The van der Waals surface area contributed by atoms with Gasteiger partial charge in [0.25, 0.3) is 0 Å². The molecule has 4 heteroatoms. The fourth-order valence-corrected chi connectivity index (χ4v) is 3.30. The zero-order valence-corrected chi connectivity index (χ0v) is 15.2. The van der Waals surface area contributed by atoms with E-state index in [1.807, 2.05) is 17.0 Å². The Balaban J connectivity index is 1.78. The number of likely N-dealkylation sites (tertiary alicyclic amines) is 1. The molecule has 24 heavy (non-hydrogen) atoms. The molecule has 2 amide bonds. The lowest BCUT2D eigenvalue weighted by atomic mass is 9.93. The van der Waals surface area contributed by atoms with Gasteiger partial charge in [-0.2, -0.15) is 0 Å². The summed E-state index contributed by atoms with van der Waals surface area (Å²) in [5.74, 6) is 0.543. The van der Waals surface area contributed by atoms with E-state index in [4.69, 9.17) is 0 Å². The number of benzene rings is 1. The second-order valence-corrected chi connectivity index (χ2v) is 6.82. The largest absolute Gasteiger partial charge is 0.352 e. The van der Waals surface area contributed by atoms with Crippen LogP contribution in [0.3, 0.4) is 0 Å². The van der Waals surface area contributed by atoms with E-state index in [9.17, 15) is 9.59 Å². The monoisotopic (exact) mass is 330 g/mol. The smallest absolute Gasteiger partial charge is 0.225 e. The summed E-state index contributed by atoms with van der Waals surface area (Å²) >= 11 is 0. The first kappa shape index (κ1) is 18.5. The predicted octanol–water partition coefficient (Wildman–Crippen LogP) is 3.29. The number of piperidine rings is 1. The lowest BCUT2D eigenvalue weighted by Crippen LogP contribution is -2.44. The molecule has 0 unspecified atom stereocenters. The molecule has 0 radical (unpaired) electrons. The molecule has 1 aliphatic heterocycles. The van der Waals surface area contributed by atoms with E-state index in [1.54, 1.807) is 0 Å². The number of nitrogens with one attached hydrogen (secondary N) is 1. The fourth-order valence-electron chi connectivity index (χ4n) is 3.30. The van der Waals surface area contributed by atoms with E-state index in [1.165, 1.54) is 5.56 Å². The Bertz CT molecular complexity index is 541. The van der Waals surface area contributed by atoms with Gasteiger partial charge >= 0.3 is 0 Å². The fraction of sp³-hybridized carbons (Fsp3) is 0.600. The molecule has 132 valence electrons. The van der Waals surface area contributed by atoms with Crippen molar-refractivity contribution in [2.24, 2.45) is 11.8 Å². The number of amides is 2. The first-order valence-electron chi connectivity index (χ1n) is 9.17. The Morgan fingerprint density at radius 3 is 2.25 bits per heavy atom. The molecule has 1 heterocycles. The predicted molar refractivity (Wildman–Crippen MR) is 96.4 cm³/mol. The second-order valence-electron chi connectivity index (χ2n) is 6.82. The highest BCUT2D eigenvalue weighted by Crippen LogP contribution is 2.21. The Kier molecular flexibility index (Phi) is 6.83. The summed E-state index contributed by atoms with van der Waals surface area (Å²) in [6, 6.07) is 8.21. The van der Waals surface area contributed by atoms with Gasteiger partial charge in [0.05, 0.1) is 0 Å². The standard InChI is InChI=1S/C20H30N2O2/c1-4-17(5-2)20(24)22-12-10-18(11-13-22)19(23)21-14-16-8-6-15(3)7-9-16/h6-9,17-18H,4-5,10-14H2,1-3H3,(H,21,23). The van der Waals surface area contributed by atoms with Gasteiger partial charge in [0.15, 0.2) is 0 Å². The minimum atomic E-state index is 0.0289. The molecule has 4 nitrogen and oxygen atoms in total. The molecule has 1 saturated heterocycles. The van der Waals surface area contributed by atoms with Crippen molar-refractivity contribution in [3.63, 3.8) is 0 Å². The maximum Gasteiger partial charge on any atom is 0.225 e. The highest BCUT2D eigenvalue weighted by molar-refractivity contribution is 5.81. The summed E-state index contributed by atoms with van der Waals surface area (Å²) in [6.45, 7) is 8.18. The molecule has 1 aliphatic rings. The van der Waals surface area contributed by atoms with E-state index < -0.39 is 0 Å². The SMILES string of the molecule is CCC(CC)C(=O)N1CCC(C(=O)NCc2ccc(C)cc2)CC1. The molecule has 1 fully saturated rings. The van der Waals surface area contributed by atoms with Crippen molar-refractivity contribution < 1.29 is 9.59 Å². The highest BCUT2D eigenvalue weighted by Gasteiger charge is 2.29. The van der Waals surface area contributed by atoms with Crippen LogP contribution in [0.5, 0.6) is 0 Å².